The van der Waals surface area contributed by atoms with Crippen LogP contribution < -0.4 is 0 Å². The van der Waals surface area contributed by atoms with Gasteiger partial charge in [0.2, 0.25) is 0 Å². The Bertz CT molecular complexity index is 397. The fourth-order valence-corrected chi connectivity index (χ4v) is 2.19. The molecule has 0 atom stereocenters. The lowest BCUT2D eigenvalue weighted by molar-refractivity contribution is 0.319. The van der Waals surface area contributed by atoms with E-state index in [0.717, 1.165) is 11.3 Å². The van der Waals surface area contributed by atoms with Gasteiger partial charge in [0.15, 0.2) is 9.84 Å². The van der Waals surface area contributed by atoms with Crippen LogP contribution in [-0.4, -0.2) is 36.6 Å². The van der Waals surface area contributed by atoms with Gasteiger partial charge in [-0.25, -0.2) is 8.42 Å². The summed E-state index contributed by atoms with van der Waals surface area (Å²) in [7, 11) is -3.12. The standard InChI is InChI=1S/C10H15NO3S/c1-9-2-3-10(8-11-9)4-6-15(13,14)7-5-12/h2-3,8,12H,4-7H2,1H3. The maximum atomic E-state index is 11.3. The van der Waals surface area contributed by atoms with Crippen molar-refractivity contribution in [1.29, 1.82) is 0 Å². The number of aliphatic hydroxyl groups is 1. The lowest BCUT2D eigenvalue weighted by atomic mass is 10.2. The van der Waals surface area contributed by atoms with Gasteiger partial charge >= 0.3 is 0 Å². The zero-order valence-corrected chi connectivity index (χ0v) is 9.50. The monoisotopic (exact) mass is 229 g/mol. The average molecular weight is 229 g/mol. The Hall–Kier alpha value is -0.940. The molecule has 1 aromatic rings. The van der Waals surface area contributed by atoms with Gasteiger partial charge in [0, 0.05) is 11.9 Å². The Morgan fingerprint density at radius 2 is 2.07 bits per heavy atom. The van der Waals surface area contributed by atoms with Crippen LogP contribution in [-0.2, 0) is 16.3 Å². The van der Waals surface area contributed by atoms with Crippen LogP contribution in [0.15, 0.2) is 18.3 Å². The summed E-state index contributed by atoms with van der Waals surface area (Å²) in [6, 6.07) is 3.73. The number of aryl methyl sites for hydroxylation is 2. The molecule has 0 bridgehead atoms. The molecule has 0 aliphatic rings. The number of hydrogen-bond acceptors (Lipinski definition) is 4. The van der Waals surface area contributed by atoms with Crippen molar-refractivity contribution in [2.45, 2.75) is 13.3 Å². The molecule has 0 amide bonds. The van der Waals surface area contributed by atoms with Gasteiger partial charge in [0.05, 0.1) is 18.1 Å². The first-order chi connectivity index (χ1) is 7.03. The third kappa shape index (κ3) is 4.40. The highest BCUT2D eigenvalue weighted by atomic mass is 32.2. The van der Waals surface area contributed by atoms with Gasteiger partial charge in [-0.3, -0.25) is 4.98 Å². The first-order valence-corrected chi connectivity index (χ1v) is 6.58. The van der Waals surface area contributed by atoms with Crippen LogP contribution in [0, 0.1) is 6.92 Å². The normalized spacial score (nSPS) is 11.6. The molecule has 1 rings (SSSR count). The zero-order valence-electron chi connectivity index (χ0n) is 8.68. The van der Waals surface area contributed by atoms with Crippen LogP contribution in [0.4, 0.5) is 0 Å². The molecule has 0 saturated heterocycles. The SMILES string of the molecule is Cc1ccc(CCS(=O)(=O)CCO)cn1. The summed E-state index contributed by atoms with van der Waals surface area (Å²) in [6.07, 6.45) is 2.14. The summed E-state index contributed by atoms with van der Waals surface area (Å²) in [4.78, 5) is 4.08. The van der Waals surface area contributed by atoms with E-state index < -0.39 is 9.84 Å². The van der Waals surface area contributed by atoms with Crippen LogP contribution in [0.3, 0.4) is 0 Å². The number of nitrogens with zero attached hydrogens (tertiary/aromatic N) is 1. The third-order valence-electron chi connectivity index (χ3n) is 2.08. The minimum absolute atomic E-state index is 0.0678. The third-order valence-corrected chi connectivity index (χ3v) is 3.71. The number of hydrogen-bond donors (Lipinski definition) is 1. The van der Waals surface area contributed by atoms with Crippen LogP contribution in [0.2, 0.25) is 0 Å². The molecule has 5 heteroatoms. The van der Waals surface area contributed by atoms with E-state index in [1.807, 2.05) is 19.1 Å². The summed E-state index contributed by atoms with van der Waals surface area (Å²) in [5.41, 5.74) is 1.82. The van der Waals surface area contributed by atoms with Crippen molar-refractivity contribution >= 4 is 9.84 Å². The van der Waals surface area contributed by atoms with Crippen molar-refractivity contribution in [1.82, 2.24) is 4.98 Å². The van der Waals surface area contributed by atoms with Gasteiger partial charge in [0.1, 0.15) is 0 Å². The lowest BCUT2D eigenvalue weighted by Gasteiger charge is -2.02. The predicted octanol–water partition coefficient (Wildman–Crippen LogP) is 0.340. The molecular formula is C10H15NO3S. The second-order valence-electron chi connectivity index (χ2n) is 3.43. The number of sulfone groups is 1. The molecule has 0 unspecified atom stereocenters. The van der Waals surface area contributed by atoms with E-state index >= 15 is 0 Å². The summed E-state index contributed by atoms with van der Waals surface area (Å²) in [6.45, 7) is 1.57. The van der Waals surface area contributed by atoms with Gasteiger partial charge < -0.3 is 5.11 Å². The second-order valence-corrected chi connectivity index (χ2v) is 5.74. The molecule has 15 heavy (non-hydrogen) atoms. The number of aliphatic hydroxyl groups excluding tert-OH is 1. The van der Waals surface area contributed by atoms with E-state index in [0.29, 0.717) is 6.42 Å². The maximum absolute atomic E-state index is 11.3. The summed E-state index contributed by atoms with van der Waals surface area (Å²) < 4.78 is 22.6. The van der Waals surface area contributed by atoms with Crippen molar-refractivity contribution in [3.8, 4) is 0 Å². The van der Waals surface area contributed by atoms with Crippen molar-refractivity contribution < 1.29 is 13.5 Å². The fraction of sp³-hybridized carbons (Fsp3) is 0.500. The fourth-order valence-electron chi connectivity index (χ4n) is 1.16. The van der Waals surface area contributed by atoms with E-state index in [4.69, 9.17) is 5.11 Å². The maximum Gasteiger partial charge on any atom is 0.152 e. The average Bonchev–Trinajstić information content (AvgIpc) is 2.17. The van der Waals surface area contributed by atoms with Crippen molar-refractivity contribution in [3.05, 3.63) is 29.6 Å². The zero-order chi connectivity index (χ0) is 11.3. The molecule has 1 aromatic heterocycles. The van der Waals surface area contributed by atoms with Crippen molar-refractivity contribution in [2.75, 3.05) is 18.1 Å². The Morgan fingerprint density at radius 1 is 1.33 bits per heavy atom. The highest BCUT2D eigenvalue weighted by molar-refractivity contribution is 7.91. The first kappa shape index (κ1) is 12.1. The Labute approximate surface area is 89.9 Å². The summed E-state index contributed by atoms with van der Waals surface area (Å²) in [5.74, 6) is -0.0927. The minimum Gasteiger partial charge on any atom is -0.395 e. The minimum atomic E-state index is -3.12. The molecule has 84 valence electrons. The molecule has 4 nitrogen and oxygen atoms in total. The van der Waals surface area contributed by atoms with E-state index in [1.165, 1.54) is 0 Å². The predicted molar refractivity (Wildman–Crippen MR) is 58.4 cm³/mol. The van der Waals surface area contributed by atoms with Gasteiger partial charge in [-0.2, -0.15) is 0 Å². The van der Waals surface area contributed by atoms with E-state index in [-0.39, 0.29) is 18.1 Å². The highest BCUT2D eigenvalue weighted by Crippen LogP contribution is 2.02. The lowest BCUT2D eigenvalue weighted by Crippen LogP contribution is -2.15. The molecule has 1 N–H and O–H groups in total. The molecule has 0 aliphatic heterocycles. The molecule has 1 heterocycles. The van der Waals surface area contributed by atoms with E-state index in [2.05, 4.69) is 4.98 Å². The summed E-state index contributed by atoms with van der Waals surface area (Å²) >= 11 is 0. The molecular weight excluding hydrogens is 214 g/mol. The molecule has 0 aliphatic carbocycles. The smallest absolute Gasteiger partial charge is 0.152 e. The van der Waals surface area contributed by atoms with Gasteiger partial charge in [-0.15, -0.1) is 0 Å². The van der Waals surface area contributed by atoms with Gasteiger partial charge in [-0.1, -0.05) is 6.07 Å². The highest BCUT2D eigenvalue weighted by Gasteiger charge is 2.09. The Kier molecular flexibility index (Phi) is 4.23. The van der Waals surface area contributed by atoms with Gasteiger partial charge in [0.25, 0.3) is 0 Å². The molecule has 0 fully saturated rings. The van der Waals surface area contributed by atoms with Crippen LogP contribution in [0.25, 0.3) is 0 Å². The Morgan fingerprint density at radius 3 is 2.60 bits per heavy atom. The van der Waals surface area contributed by atoms with Crippen LogP contribution in [0.1, 0.15) is 11.3 Å². The molecule has 0 spiro atoms. The topological polar surface area (TPSA) is 67.3 Å². The Balaban J connectivity index is 2.54. The van der Waals surface area contributed by atoms with Gasteiger partial charge in [-0.05, 0) is 25.0 Å². The molecule has 0 saturated carbocycles. The first-order valence-electron chi connectivity index (χ1n) is 4.76. The quantitative estimate of drug-likeness (QED) is 0.790. The van der Waals surface area contributed by atoms with Crippen LogP contribution in [0.5, 0.6) is 0 Å². The number of rotatable bonds is 5. The largest absolute Gasteiger partial charge is 0.395 e. The van der Waals surface area contributed by atoms with Crippen molar-refractivity contribution in [2.24, 2.45) is 0 Å². The number of aromatic nitrogens is 1. The summed E-state index contributed by atoms with van der Waals surface area (Å²) in [5, 5.41) is 8.54. The van der Waals surface area contributed by atoms with E-state index in [1.54, 1.807) is 6.20 Å². The van der Waals surface area contributed by atoms with Crippen LogP contribution >= 0.6 is 0 Å². The molecule has 0 radical (unpaired) electrons. The second kappa shape index (κ2) is 5.23. The molecule has 0 aromatic carbocycles. The van der Waals surface area contributed by atoms with Crippen molar-refractivity contribution in [3.63, 3.8) is 0 Å². The number of pyridine rings is 1. The van der Waals surface area contributed by atoms with E-state index in [9.17, 15) is 8.42 Å².